The SMILES string of the molecule is CN=C(NCc1ccc(S(=O)(=O)N(C)C(C)C)cc1)N1CCC(COCCOC)C1.I. The summed E-state index contributed by atoms with van der Waals surface area (Å²) in [6.07, 6.45) is 1.07. The number of benzene rings is 1. The predicted octanol–water partition coefficient (Wildman–Crippen LogP) is 2.39. The molecule has 1 heterocycles. The molecule has 10 heteroatoms. The van der Waals surface area contributed by atoms with Crippen LogP contribution in [0.15, 0.2) is 34.2 Å². The van der Waals surface area contributed by atoms with Crippen molar-refractivity contribution in [1.82, 2.24) is 14.5 Å². The van der Waals surface area contributed by atoms with Crippen LogP contribution in [0.3, 0.4) is 0 Å². The smallest absolute Gasteiger partial charge is 0.243 e. The van der Waals surface area contributed by atoms with Gasteiger partial charge in [-0.25, -0.2) is 8.42 Å². The summed E-state index contributed by atoms with van der Waals surface area (Å²) < 4.78 is 37.2. The van der Waals surface area contributed by atoms with Gasteiger partial charge in [-0.1, -0.05) is 12.1 Å². The fourth-order valence-electron chi connectivity index (χ4n) is 3.29. The molecule has 2 rings (SSSR count). The lowest BCUT2D eigenvalue weighted by Crippen LogP contribution is -2.39. The van der Waals surface area contributed by atoms with Crippen LogP contribution in [0.25, 0.3) is 0 Å². The molecule has 1 aliphatic heterocycles. The van der Waals surface area contributed by atoms with Crippen LogP contribution in [-0.2, 0) is 26.0 Å². The van der Waals surface area contributed by atoms with Gasteiger partial charge in [-0.05, 0) is 38.0 Å². The Morgan fingerprint density at radius 2 is 1.97 bits per heavy atom. The number of guanidine groups is 1. The molecule has 1 unspecified atom stereocenters. The summed E-state index contributed by atoms with van der Waals surface area (Å²) in [7, 11) is 1.60. The van der Waals surface area contributed by atoms with Crippen molar-refractivity contribution in [3.05, 3.63) is 29.8 Å². The van der Waals surface area contributed by atoms with Crippen LogP contribution in [0.5, 0.6) is 0 Å². The molecule has 1 aromatic carbocycles. The number of ether oxygens (including phenoxy) is 2. The minimum atomic E-state index is -3.46. The minimum Gasteiger partial charge on any atom is -0.382 e. The Kier molecular flexibility index (Phi) is 12.3. The van der Waals surface area contributed by atoms with Gasteiger partial charge in [0, 0.05) is 52.8 Å². The zero-order valence-corrected chi connectivity index (χ0v) is 22.4. The van der Waals surface area contributed by atoms with Crippen molar-refractivity contribution >= 4 is 40.0 Å². The second-order valence-electron chi connectivity index (χ2n) is 7.83. The lowest BCUT2D eigenvalue weighted by molar-refractivity contribution is 0.0536. The van der Waals surface area contributed by atoms with Crippen LogP contribution < -0.4 is 5.32 Å². The molecule has 1 aliphatic rings. The number of hydrogen-bond donors (Lipinski definition) is 1. The van der Waals surface area contributed by atoms with Gasteiger partial charge in [0.1, 0.15) is 0 Å². The lowest BCUT2D eigenvalue weighted by Gasteiger charge is -2.22. The van der Waals surface area contributed by atoms with Crippen molar-refractivity contribution in [2.24, 2.45) is 10.9 Å². The van der Waals surface area contributed by atoms with E-state index in [0.29, 0.717) is 30.6 Å². The number of aliphatic imine (C=N–C) groups is 1. The molecule has 1 atom stereocenters. The molecule has 0 spiro atoms. The summed E-state index contributed by atoms with van der Waals surface area (Å²) >= 11 is 0. The van der Waals surface area contributed by atoms with Gasteiger partial charge in [0.05, 0.1) is 24.7 Å². The van der Waals surface area contributed by atoms with Gasteiger partial charge in [0.15, 0.2) is 5.96 Å². The maximum Gasteiger partial charge on any atom is 0.243 e. The summed E-state index contributed by atoms with van der Waals surface area (Å²) in [5, 5.41) is 3.38. The van der Waals surface area contributed by atoms with E-state index in [-0.39, 0.29) is 30.0 Å². The molecule has 0 amide bonds. The van der Waals surface area contributed by atoms with E-state index < -0.39 is 10.0 Å². The van der Waals surface area contributed by atoms with Crippen LogP contribution in [0.2, 0.25) is 0 Å². The molecule has 1 fully saturated rings. The van der Waals surface area contributed by atoms with E-state index >= 15 is 0 Å². The van der Waals surface area contributed by atoms with Crippen molar-refractivity contribution in [2.45, 2.75) is 37.8 Å². The molecular weight excluding hydrogens is 531 g/mol. The molecule has 0 bridgehead atoms. The van der Waals surface area contributed by atoms with Gasteiger partial charge in [0.2, 0.25) is 10.0 Å². The van der Waals surface area contributed by atoms with Crippen molar-refractivity contribution < 1.29 is 17.9 Å². The average Bonchev–Trinajstić information content (AvgIpc) is 3.20. The van der Waals surface area contributed by atoms with Crippen LogP contribution in [0.4, 0.5) is 0 Å². The van der Waals surface area contributed by atoms with Crippen molar-refractivity contribution in [3.63, 3.8) is 0 Å². The number of sulfonamides is 1. The minimum absolute atomic E-state index is 0. The van der Waals surface area contributed by atoms with Crippen LogP contribution in [0.1, 0.15) is 25.8 Å². The average molecular weight is 569 g/mol. The first kappa shape index (κ1) is 28.1. The van der Waals surface area contributed by atoms with Crippen molar-refractivity contribution in [1.29, 1.82) is 0 Å². The number of halogens is 1. The highest BCUT2D eigenvalue weighted by Gasteiger charge is 2.25. The standard InChI is InChI=1S/C21H36N4O4S.HI/c1-17(2)24(4)30(26,27)20-8-6-18(7-9-20)14-23-21(22-3)25-11-10-19(15-25)16-29-13-12-28-5;/h6-9,17,19H,10-16H2,1-5H3,(H,22,23);1H. The molecule has 0 radical (unpaired) electrons. The number of rotatable bonds is 10. The number of methoxy groups -OCH3 is 1. The van der Waals surface area contributed by atoms with E-state index in [9.17, 15) is 8.42 Å². The predicted molar refractivity (Wildman–Crippen MR) is 135 cm³/mol. The molecule has 31 heavy (non-hydrogen) atoms. The third kappa shape index (κ3) is 8.16. The highest BCUT2D eigenvalue weighted by atomic mass is 127. The molecule has 1 aromatic rings. The molecule has 0 aliphatic carbocycles. The first-order chi connectivity index (χ1) is 14.3. The van der Waals surface area contributed by atoms with Crippen LogP contribution >= 0.6 is 24.0 Å². The van der Waals surface area contributed by atoms with E-state index in [1.54, 1.807) is 33.3 Å². The Morgan fingerprint density at radius 3 is 2.55 bits per heavy atom. The maximum atomic E-state index is 12.6. The third-order valence-electron chi connectivity index (χ3n) is 5.36. The third-order valence-corrected chi connectivity index (χ3v) is 7.41. The Balaban J connectivity index is 0.00000480. The second kappa shape index (κ2) is 13.6. The first-order valence-electron chi connectivity index (χ1n) is 10.4. The van der Waals surface area contributed by atoms with Crippen LogP contribution in [0, 0.1) is 5.92 Å². The topological polar surface area (TPSA) is 83.5 Å². The van der Waals surface area contributed by atoms with E-state index in [0.717, 1.165) is 37.6 Å². The molecule has 0 saturated carbocycles. The molecular formula is C21H37IN4O4S. The number of hydrogen-bond acceptors (Lipinski definition) is 5. The first-order valence-corrected chi connectivity index (χ1v) is 11.8. The molecule has 1 N–H and O–H groups in total. The van der Waals surface area contributed by atoms with E-state index in [1.807, 2.05) is 26.0 Å². The fraction of sp³-hybridized carbons (Fsp3) is 0.667. The summed E-state index contributed by atoms with van der Waals surface area (Å²) in [6.45, 7) is 8.12. The number of nitrogens with one attached hydrogen (secondary N) is 1. The summed E-state index contributed by atoms with van der Waals surface area (Å²) in [5.41, 5.74) is 1.00. The van der Waals surface area contributed by atoms with Crippen LogP contribution in [-0.4, -0.2) is 83.7 Å². The quantitative estimate of drug-likeness (QED) is 0.202. The maximum absolute atomic E-state index is 12.6. The Bertz CT molecular complexity index is 787. The summed E-state index contributed by atoms with van der Waals surface area (Å²) in [4.78, 5) is 6.94. The lowest BCUT2D eigenvalue weighted by atomic mass is 10.1. The number of nitrogens with zero attached hydrogens (tertiary/aromatic N) is 3. The number of likely N-dealkylation sites (tertiary alicyclic amines) is 1. The zero-order chi connectivity index (χ0) is 22.1. The van der Waals surface area contributed by atoms with Gasteiger partial charge < -0.3 is 19.7 Å². The Morgan fingerprint density at radius 1 is 1.29 bits per heavy atom. The normalized spacial score (nSPS) is 17.3. The van der Waals surface area contributed by atoms with Crippen molar-refractivity contribution in [3.8, 4) is 0 Å². The van der Waals surface area contributed by atoms with E-state index in [4.69, 9.17) is 9.47 Å². The van der Waals surface area contributed by atoms with Gasteiger partial charge in [-0.2, -0.15) is 4.31 Å². The molecule has 1 saturated heterocycles. The zero-order valence-electron chi connectivity index (χ0n) is 19.2. The molecule has 0 aromatic heterocycles. The van der Waals surface area contributed by atoms with E-state index in [2.05, 4.69) is 15.2 Å². The van der Waals surface area contributed by atoms with Gasteiger partial charge in [-0.3, -0.25) is 4.99 Å². The second-order valence-corrected chi connectivity index (χ2v) is 9.83. The van der Waals surface area contributed by atoms with E-state index in [1.165, 1.54) is 4.31 Å². The monoisotopic (exact) mass is 568 g/mol. The highest BCUT2D eigenvalue weighted by Crippen LogP contribution is 2.18. The molecule has 178 valence electrons. The summed E-state index contributed by atoms with van der Waals surface area (Å²) in [5.74, 6) is 1.34. The Hall–Kier alpha value is -0.950. The van der Waals surface area contributed by atoms with Crippen molar-refractivity contribution in [2.75, 3.05) is 54.1 Å². The van der Waals surface area contributed by atoms with Gasteiger partial charge in [0.25, 0.3) is 0 Å². The van der Waals surface area contributed by atoms with Gasteiger partial charge in [-0.15, -0.1) is 24.0 Å². The fourth-order valence-corrected chi connectivity index (χ4v) is 4.66. The van der Waals surface area contributed by atoms with Gasteiger partial charge >= 0.3 is 0 Å². The molecule has 8 nitrogen and oxygen atoms in total. The summed E-state index contributed by atoms with van der Waals surface area (Å²) in [6, 6.07) is 6.93. The highest BCUT2D eigenvalue weighted by molar-refractivity contribution is 14.0. The largest absolute Gasteiger partial charge is 0.382 e. The Labute approximate surface area is 204 Å².